The van der Waals surface area contributed by atoms with Gasteiger partial charge in [-0.3, -0.25) is 9.78 Å². The number of amides is 1. The normalized spacial score (nSPS) is 15.3. The van der Waals surface area contributed by atoms with Crippen molar-refractivity contribution in [2.45, 2.75) is 0 Å². The summed E-state index contributed by atoms with van der Waals surface area (Å²) in [6, 6.07) is 5.88. The number of ether oxygens (including phenoxy) is 1. The van der Waals surface area contributed by atoms with Crippen LogP contribution in [-0.4, -0.2) is 55.7 Å². The second-order valence-corrected chi connectivity index (χ2v) is 6.74. The van der Waals surface area contributed by atoms with Gasteiger partial charge in [0.05, 0.1) is 10.5 Å². The largest absolute Gasteiger partial charge is 0.375 e. The summed E-state index contributed by atoms with van der Waals surface area (Å²) in [6.07, 6.45) is 1.78. The Morgan fingerprint density at radius 3 is 2.78 bits per heavy atom. The number of hydrogen-bond acceptors (Lipinski definition) is 4. The minimum Gasteiger partial charge on any atom is -0.375 e. The highest BCUT2D eigenvalue weighted by Crippen LogP contribution is 2.33. The molecule has 1 aromatic carbocycles. The van der Waals surface area contributed by atoms with E-state index in [0.717, 1.165) is 34.2 Å². The molecule has 1 amide bonds. The third-order valence-electron chi connectivity index (χ3n) is 3.98. The SMILES string of the molecule is COCC(=O)N1CCN(c2ccnc3c(Cl)cc(Br)cc23)CC1. The molecule has 0 saturated carbocycles. The van der Waals surface area contributed by atoms with Gasteiger partial charge in [-0.15, -0.1) is 0 Å². The maximum atomic E-state index is 11.9. The summed E-state index contributed by atoms with van der Waals surface area (Å²) >= 11 is 9.78. The Labute approximate surface area is 148 Å². The monoisotopic (exact) mass is 397 g/mol. The zero-order valence-electron chi connectivity index (χ0n) is 12.8. The minimum absolute atomic E-state index is 0.0394. The Kier molecular flexibility index (Phi) is 5.04. The van der Waals surface area contributed by atoms with Crippen LogP contribution in [0.1, 0.15) is 0 Å². The number of piperazine rings is 1. The molecule has 1 saturated heterocycles. The van der Waals surface area contributed by atoms with Crippen molar-refractivity contribution in [2.24, 2.45) is 0 Å². The zero-order valence-corrected chi connectivity index (χ0v) is 15.1. The van der Waals surface area contributed by atoms with Crippen LogP contribution in [-0.2, 0) is 9.53 Å². The van der Waals surface area contributed by atoms with Gasteiger partial charge in [-0.25, -0.2) is 0 Å². The number of aromatic nitrogens is 1. The second kappa shape index (κ2) is 7.03. The molecule has 0 unspecified atom stereocenters. The summed E-state index contributed by atoms with van der Waals surface area (Å²) in [5, 5.41) is 1.65. The van der Waals surface area contributed by atoms with Crippen molar-refractivity contribution in [1.82, 2.24) is 9.88 Å². The molecule has 1 aliphatic rings. The standard InChI is InChI=1S/C16H17BrClN3O2/c1-23-10-15(22)21-6-4-20(5-7-21)14-2-3-19-16-12(14)8-11(17)9-13(16)18/h2-3,8-9H,4-7,10H2,1H3. The van der Waals surface area contributed by atoms with Gasteiger partial charge in [0.25, 0.3) is 0 Å². The highest BCUT2D eigenvalue weighted by Gasteiger charge is 2.22. The molecule has 5 nitrogen and oxygen atoms in total. The maximum Gasteiger partial charge on any atom is 0.248 e. The number of anilines is 1. The van der Waals surface area contributed by atoms with Crippen molar-refractivity contribution in [3.8, 4) is 0 Å². The topological polar surface area (TPSA) is 45.7 Å². The molecule has 2 aromatic rings. The summed E-state index contributed by atoms with van der Waals surface area (Å²) < 4.78 is 5.85. The molecular formula is C16H17BrClN3O2. The first-order chi connectivity index (χ1) is 11.1. The van der Waals surface area contributed by atoms with Crippen LogP contribution in [0, 0.1) is 0 Å². The number of halogens is 2. The predicted octanol–water partition coefficient (Wildman–Crippen LogP) is 2.95. The van der Waals surface area contributed by atoms with Crippen molar-refractivity contribution in [3.05, 3.63) is 33.9 Å². The number of carbonyl (C=O) groups is 1. The fourth-order valence-corrected chi connectivity index (χ4v) is 3.71. The fraction of sp³-hybridized carbons (Fsp3) is 0.375. The lowest BCUT2D eigenvalue weighted by Gasteiger charge is -2.36. The molecule has 122 valence electrons. The van der Waals surface area contributed by atoms with Crippen LogP contribution in [0.3, 0.4) is 0 Å². The first kappa shape index (κ1) is 16.5. The van der Waals surface area contributed by atoms with Gasteiger partial charge >= 0.3 is 0 Å². The molecule has 3 rings (SSSR count). The van der Waals surface area contributed by atoms with Gasteiger partial charge in [-0.2, -0.15) is 0 Å². The van der Waals surface area contributed by atoms with E-state index in [2.05, 4.69) is 25.8 Å². The van der Waals surface area contributed by atoms with E-state index in [-0.39, 0.29) is 12.5 Å². The van der Waals surface area contributed by atoms with E-state index in [1.807, 2.05) is 23.1 Å². The van der Waals surface area contributed by atoms with E-state index in [0.29, 0.717) is 18.1 Å². The van der Waals surface area contributed by atoms with Crippen LogP contribution in [0.25, 0.3) is 10.9 Å². The lowest BCUT2D eigenvalue weighted by Crippen LogP contribution is -2.49. The molecule has 0 N–H and O–H groups in total. The average molecular weight is 399 g/mol. The summed E-state index contributed by atoms with van der Waals surface area (Å²) in [5.41, 5.74) is 1.89. The van der Waals surface area contributed by atoms with E-state index in [4.69, 9.17) is 16.3 Å². The molecule has 1 aromatic heterocycles. The van der Waals surface area contributed by atoms with Gasteiger partial charge in [0, 0.05) is 55.0 Å². The van der Waals surface area contributed by atoms with Gasteiger partial charge in [-0.1, -0.05) is 27.5 Å². The molecular weight excluding hydrogens is 382 g/mol. The van der Waals surface area contributed by atoms with Gasteiger partial charge in [0.1, 0.15) is 6.61 Å². The number of benzene rings is 1. The van der Waals surface area contributed by atoms with Crippen LogP contribution in [0.2, 0.25) is 5.02 Å². The molecule has 1 aliphatic heterocycles. The average Bonchev–Trinajstić information content (AvgIpc) is 2.55. The Morgan fingerprint density at radius 2 is 2.09 bits per heavy atom. The molecule has 23 heavy (non-hydrogen) atoms. The van der Waals surface area contributed by atoms with Crippen LogP contribution < -0.4 is 4.90 Å². The highest BCUT2D eigenvalue weighted by atomic mass is 79.9. The predicted molar refractivity (Wildman–Crippen MR) is 95.1 cm³/mol. The number of carbonyl (C=O) groups excluding carboxylic acids is 1. The van der Waals surface area contributed by atoms with Gasteiger partial charge < -0.3 is 14.5 Å². The first-order valence-electron chi connectivity index (χ1n) is 7.35. The van der Waals surface area contributed by atoms with Crippen molar-refractivity contribution in [3.63, 3.8) is 0 Å². The Morgan fingerprint density at radius 1 is 1.35 bits per heavy atom. The van der Waals surface area contributed by atoms with Crippen molar-refractivity contribution >= 4 is 50.0 Å². The van der Waals surface area contributed by atoms with Crippen LogP contribution >= 0.6 is 27.5 Å². The molecule has 0 aliphatic carbocycles. The summed E-state index contributed by atoms with van der Waals surface area (Å²) in [6.45, 7) is 3.07. The molecule has 0 atom stereocenters. The lowest BCUT2D eigenvalue weighted by molar-refractivity contribution is -0.135. The van der Waals surface area contributed by atoms with Gasteiger partial charge in [0.15, 0.2) is 0 Å². The van der Waals surface area contributed by atoms with E-state index < -0.39 is 0 Å². The first-order valence-corrected chi connectivity index (χ1v) is 8.52. The number of pyridine rings is 1. The number of fused-ring (bicyclic) bond motifs is 1. The third-order valence-corrected chi connectivity index (χ3v) is 4.73. The Bertz CT molecular complexity index is 733. The summed E-state index contributed by atoms with van der Waals surface area (Å²) in [7, 11) is 1.54. The van der Waals surface area contributed by atoms with Crippen molar-refractivity contribution < 1.29 is 9.53 Å². The van der Waals surface area contributed by atoms with E-state index in [9.17, 15) is 4.79 Å². The zero-order chi connectivity index (χ0) is 16.4. The Hall–Kier alpha value is -1.37. The molecule has 1 fully saturated rings. The lowest BCUT2D eigenvalue weighted by atomic mass is 10.1. The highest BCUT2D eigenvalue weighted by molar-refractivity contribution is 9.10. The summed E-state index contributed by atoms with van der Waals surface area (Å²) in [4.78, 5) is 20.4. The molecule has 0 spiro atoms. The van der Waals surface area contributed by atoms with Gasteiger partial charge in [0.2, 0.25) is 5.91 Å². The minimum atomic E-state index is 0.0394. The van der Waals surface area contributed by atoms with Crippen LogP contribution in [0.15, 0.2) is 28.9 Å². The van der Waals surface area contributed by atoms with Crippen molar-refractivity contribution in [2.75, 3.05) is 44.8 Å². The molecule has 0 radical (unpaired) electrons. The van der Waals surface area contributed by atoms with E-state index in [1.165, 1.54) is 0 Å². The fourth-order valence-electron chi connectivity index (χ4n) is 2.85. The Balaban J connectivity index is 1.84. The number of rotatable bonds is 3. The van der Waals surface area contributed by atoms with Gasteiger partial charge in [-0.05, 0) is 18.2 Å². The number of methoxy groups -OCH3 is 1. The molecule has 7 heteroatoms. The maximum absolute atomic E-state index is 11.9. The van der Waals surface area contributed by atoms with Crippen molar-refractivity contribution in [1.29, 1.82) is 0 Å². The summed E-state index contributed by atoms with van der Waals surface area (Å²) in [5.74, 6) is 0.0394. The number of nitrogens with zero attached hydrogens (tertiary/aromatic N) is 3. The quantitative estimate of drug-likeness (QED) is 0.797. The number of hydrogen-bond donors (Lipinski definition) is 0. The third kappa shape index (κ3) is 3.44. The second-order valence-electron chi connectivity index (χ2n) is 5.41. The van der Waals surface area contributed by atoms with E-state index in [1.54, 1.807) is 13.3 Å². The molecule has 0 bridgehead atoms. The molecule has 2 heterocycles. The smallest absolute Gasteiger partial charge is 0.248 e. The van der Waals surface area contributed by atoms with E-state index >= 15 is 0 Å². The van der Waals surface area contributed by atoms with Crippen LogP contribution in [0.4, 0.5) is 5.69 Å². The van der Waals surface area contributed by atoms with Crippen LogP contribution in [0.5, 0.6) is 0 Å².